The zero-order chi connectivity index (χ0) is 28.6. The second-order valence-electron chi connectivity index (χ2n) is 9.51. The first-order chi connectivity index (χ1) is 18.5. The minimum atomic E-state index is -3.99. The van der Waals surface area contributed by atoms with E-state index >= 15 is 0 Å². The van der Waals surface area contributed by atoms with Crippen LogP contribution in [0.3, 0.4) is 0 Å². The van der Waals surface area contributed by atoms with E-state index in [0.717, 1.165) is 5.56 Å². The number of alkyl halides is 2. The first kappa shape index (κ1) is 29.5. The van der Waals surface area contributed by atoms with Crippen LogP contribution in [0.15, 0.2) is 54.6 Å². The van der Waals surface area contributed by atoms with Crippen molar-refractivity contribution in [1.82, 2.24) is 21.0 Å². The second kappa shape index (κ2) is 13.1. The maximum Gasteiger partial charge on any atom is 0.328 e. The summed E-state index contributed by atoms with van der Waals surface area (Å²) in [5.41, 5.74) is 1.39. The van der Waals surface area contributed by atoms with Gasteiger partial charge in [-0.2, -0.15) is 8.78 Å². The largest absolute Gasteiger partial charge is 0.480 e. The van der Waals surface area contributed by atoms with Crippen LogP contribution in [0, 0.1) is 5.92 Å². The van der Waals surface area contributed by atoms with Gasteiger partial charge in [0.1, 0.15) is 11.8 Å². The highest BCUT2D eigenvalue weighted by Crippen LogP contribution is 2.25. The molecule has 10 nitrogen and oxygen atoms in total. The number of amides is 4. The van der Waals surface area contributed by atoms with E-state index in [1.54, 1.807) is 56.3 Å². The summed E-state index contributed by atoms with van der Waals surface area (Å²) in [5, 5.41) is 17.6. The van der Waals surface area contributed by atoms with E-state index in [1.165, 1.54) is 12.1 Å². The molecule has 0 aromatic heterocycles. The molecule has 4 amide bonds. The van der Waals surface area contributed by atoms with Crippen LogP contribution < -0.4 is 20.7 Å². The molecule has 210 valence electrons. The molecule has 2 aromatic rings. The third kappa shape index (κ3) is 8.21. The number of carbonyl (C=O) groups is 4. The van der Waals surface area contributed by atoms with Crippen LogP contribution >= 0.6 is 0 Å². The Morgan fingerprint density at radius 3 is 2.38 bits per heavy atom. The number of halogens is 2. The smallest absolute Gasteiger partial charge is 0.328 e. The van der Waals surface area contributed by atoms with Gasteiger partial charge in [-0.15, -0.1) is 0 Å². The van der Waals surface area contributed by atoms with Gasteiger partial charge in [-0.05, 0) is 35.6 Å². The third-order valence-corrected chi connectivity index (χ3v) is 6.11. The Kier molecular flexibility index (Phi) is 9.94. The summed E-state index contributed by atoms with van der Waals surface area (Å²) in [6, 6.07) is 13.5. The number of nitrogens with zero attached hydrogens (tertiary/aromatic N) is 1. The molecule has 39 heavy (non-hydrogen) atoms. The number of nitrogens with one attached hydrogen (secondary N) is 3. The summed E-state index contributed by atoms with van der Waals surface area (Å²) >= 11 is 0. The lowest BCUT2D eigenvalue weighted by Gasteiger charge is -2.29. The van der Waals surface area contributed by atoms with Gasteiger partial charge in [-0.3, -0.25) is 24.4 Å². The highest BCUT2D eigenvalue weighted by atomic mass is 19.3. The average Bonchev–Trinajstić information content (AvgIpc) is 2.90. The lowest BCUT2D eigenvalue weighted by Crippen LogP contribution is -2.54. The van der Waals surface area contributed by atoms with Crippen LogP contribution in [0.5, 0.6) is 5.75 Å². The number of ether oxygens (including phenoxy) is 1. The summed E-state index contributed by atoms with van der Waals surface area (Å²) in [6.45, 7) is 2.54. The van der Waals surface area contributed by atoms with Crippen molar-refractivity contribution >= 4 is 23.6 Å². The van der Waals surface area contributed by atoms with Crippen LogP contribution in [0.2, 0.25) is 0 Å². The summed E-state index contributed by atoms with van der Waals surface area (Å²) < 4.78 is 35.4. The molecule has 2 atom stereocenters. The SMILES string of the molecule is CC(C)[C@H]1C(=O)NCCc2ccc(cc2)OC(CC(F)(F)C(=O)NCc2ccccc2)C(=O)NCC(=O)N1O. The van der Waals surface area contributed by atoms with Gasteiger partial charge in [-0.25, -0.2) is 5.06 Å². The number of hydroxylamine groups is 2. The molecule has 4 N–H and O–H groups in total. The predicted molar refractivity (Wildman–Crippen MR) is 136 cm³/mol. The van der Waals surface area contributed by atoms with Gasteiger partial charge in [0.05, 0.1) is 13.0 Å². The summed E-state index contributed by atoms with van der Waals surface area (Å²) in [4.78, 5) is 50.4. The van der Waals surface area contributed by atoms with Crippen LogP contribution in [0.25, 0.3) is 0 Å². The fourth-order valence-electron chi connectivity index (χ4n) is 3.96. The van der Waals surface area contributed by atoms with Gasteiger partial charge >= 0.3 is 5.92 Å². The van der Waals surface area contributed by atoms with E-state index in [0.29, 0.717) is 12.0 Å². The van der Waals surface area contributed by atoms with E-state index in [-0.39, 0.29) is 23.9 Å². The minimum absolute atomic E-state index is 0.0884. The minimum Gasteiger partial charge on any atom is -0.480 e. The molecule has 0 aliphatic carbocycles. The normalized spacial score (nSPS) is 19.3. The van der Waals surface area contributed by atoms with Crippen molar-refractivity contribution in [1.29, 1.82) is 0 Å². The monoisotopic (exact) mass is 546 g/mol. The van der Waals surface area contributed by atoms with Gasteiger partial charge in [0.2, 0.25) is 5.91 Å². The van der Waals surface area contributed by atoms with Crippen molar-refractivity contribution in [3.63, 3.8) is 0 Å². The summed E-state index contributed by atoms with van der Waals surface area (Å²) in [6.07, 6.45) is -2.76. The molecular weight excluding hydrogens is 514 g/mol. The number of carbonyl (C=O) groups excluding carboxylic acids is 4. The fraction of sp³-hybridized carbons (Fsp3) is 0.407. The van der Waals surface area contributed by atoms with Crippen molar-refractivity contribution in [2.24, 2.45) is 5.92 Å². The molecule has 2 bridgehead atoms. The molecule has 1 unspecified atom stereocenters. The van der Waals surface area contributed by atoms with Gasteiger partial charge < -0.3 is 20.7 Å². The molecule has 12 heteroatoms. The number of hydrogen-bond donors (Lipinski definition) is 4. The van der Waals surface area contributed by atoms with Crippen LogP contribution in [-0.4, -0.2) is 65.1 Å². The Labute approximate surface area is 224 Å². The summed E-state index contributed by atoms with van der Waals surface area (Å²) in [5.74, 6) is -8.69. The molecule has 0 saturated heterocycles. The molecule has 0 spiro atoms. The molecule has 0 saturated carbocycles. The topological polar surface area (TPSA) is 137 Å². The van der Waals surface area contributed by atoms with E-state index in [4.69, 9.17) is 4.74 Å². The number of hydrogen-bond acceptors (Lipinski definition) is 6. The first-order valence-corrected chi connectivity index (χ1v) is 12.5. The van der Waals surface area contributed by atoms with E-state index in [1.807, 2.05) is 0 Å². The van der Waals surface area contributed by atoms with Crippen molar-refractivity contribution in [3.8, 4) is 5.75 Å². The molecule has 2 aliphatic heterocycles. The van der Waals surface area contributed by atoms with Gasteiger partial charge in [-0.1, -0.05) is 56.3 Å². The van der Waals surface area contributed by atoms with Crippen LogP contribution in [-0.2, 0) is 32.1 Å². The van der Waals surface area contributed by atoms with Crippen molar-refractivity contribution in [2.75, 3.05) is 13.1 Å². The maximum absolute atomic E-state index is 14.9. The third-order valence-electron chi connectivity index (χ3n) is 6.11. The Hall–Kier alpha value is -4.06. The maximum atomic E-state index is 14.9. The summed E-state index contributed by atoms with van der Waals surface area (Å²) in [7, 11) is 0. The highest BCUT2D eigenvalue weighted by Gasteiger charge is 2.44. The van der Waals surface area contributed by atoms with E-state index < -0.39 is 60.6 Å². The van der Waals surface area contributed by atoms with Gasteiger partial charge in [0.15, 0.2) is 6.10 Å². The second-order valence-corrected chi connectivity index (χ2v) is 9.51. The zero-order valence-electron chi connectivity index (χ0n) is 21.7. The van der Waals surface area contributed by atoms with Crippen molar-refractivity contribution in [2.45, 2.75) is 51.3 Å². The van der Waals surface area contributed by atoms with E-state index in [9.17, 15) is 33.2 Å². The van der Waals surface area contributed by atoms with Crippen molar-refractivity contribution in [3.05, 3.63) is 65.7 Å². The average molecular weight is 547 g/mol. The molecular formula is C27H32F2N4O6. The van der Waals surface area contributed by atoms with Crippen molar-refractivity contribution < 1.29 is 37.9 Å². The first-order valence-electron chi connectivity index (χ1n) is 12.5. The Morgan fingerprint density at radius 1 is 1.08 bits per heavy atom. The Balaban J connectivity index is 1.80. The number of rotatable bonds is 6. The van der Waals surface area contributed by atoms with Gasteiger partial charge in [0.25, 0.3) is 17.7 Å². The zero-order valence-corrected chi connectivity index (χ0v) is 21.7. The lowest BCUT2D eigenvalue weighted by molar-refractivity contribution is -0.183. The standard InChI is InChI=1S/C27H32F2N4O6/c1-17(2)23-25(36)30-13-12-18-8-10-20(11-9-18)39-21(24(35)31-16-22(34)33(23)38)14-27(28,29)26(37)32-15-19-6-4-3-5-7-19/h3-11,17,21,23,38H,12-16H2,1-2H3,(H,30,36)(H,31,35)(H,32,37)/t21?,23-/m0/s1. The van der Waals surface area contributed by atoms with Crippen LogP contribution in [0.1, 0.15) is 31.4 Å². The fourth-order valence-corrected chi connectivity index (χ4v) is 3.96. The highest BCUT2D eigenvalue weighted by molar-refractivity contribution is 5.91. The van der Waals surface area contributed by atoms with Crippen LogP contribution in [0.4, 0.5) is 8.78 Å². The Bertz CT molecular complexity index is 1160. The molecule has 0 fully saturated rings. The number of benzene rings is 2. The molecule has 2 aromatic carbocycles. The van der Waals surface area contributed by atoms with Gasteiger partial charge in [0, 0.05) is 13.1 Å². The number of fused-ring (bicyclic) bond motifs is 13. The predicted octanol–water partition coefficient (Wildman–Crippen LogP) is 1.81. The Morgan fingerprint density at radius 2 is 1.74 bits per heavy atom. The lowest BCUT2D eigenvalue weighted by atomic mass is 10.0. The van der Waals surface area contributed by atoms with E-state index in [2.05, 4.69) is 16.0 Å². The molecule has 0 radical (unpaired) electrons. The quantitative estimate of drug-likeness (QED) is 0.322. The molecule has 2 aliphatic rings. The molecule has 4 rings (SSSR count). The molecule has 2 heterocycles.